The van der Waals surface area contributed by atoms with Crippen LogP contribution in [0.2, 0.25) is 5.02 Å². The number of ether oxygens (including phenoxy) is 1. The second-order valence-corrected chi connectivity index (χ2v) is 14.5. The molecule has 3 aliphatic rings. The Morgan fingerprint density at radius 2 is 1.77 bits per heavy atom. The number of carbonyl (C=O) groups is 3. The first-order valence-electron chi connectivity index (χ1n) is 14.7. The van der Waals surface area contributed by atoms with Crippen LogP contribution in [0, 0.1) is 11.8 Å². The molecule has 3 aliphatic heterocycles. The fraction of sp³-hybridized carbons (Fsp3) is 0.364. The quantitative estimate of drug-likeness (QED) is 0.246. The number of aliphatic hydroxyl groups excluding tert-OH is 1. The summed E-state index contributed by atoms with van der Waals surface area (Å²) in [5, 5.41) is 16.8. The highest BCUT2D eigenvalue weighted by atomic mass is 79.9. The third-order valence-corrected chi connectivity index (χ3v) is 12.3. The number of fused-ring (bicyclic) bond motifs is 1. The molecule has 11 heteroatoms. The van der Waals surface area contributed by atoms with Gasteiger partial charge in [0.05, 0.1) is 46.5 Å². The Morgan fingerprint density at radius 1 is 1.07 bits per heavy atom. The second kappa shape index (κ2) is 12.7. The van der Waals surface area contributed by atoms with E-state index >= 15 is 0 Å². The Labute approximate surface area is 274 Å². The molecule has 0 aliphatic carbocycles. The van der Waals surface area contributed by atoms with Crippen molar-refractivity contribution < 1.29 is 24.2 Å². The van der Waals surface area contributed by atoms with Crippen molar-refractivity contribution >= 4 is 68.4 Å². The number of alkyl halides is 1. The van der Waals surface area contributed by atoms with E-state index < -0.39 is 28.7 Å². The molecule has 0 aromatic heterocycles. The van der Waals surface area contributed by atoms with Gasteiger partial charge in [-0.3, -0.25) is 14.4 Å². The zero-order valence-electron chi connectivity index (χ0n) is 24.0. The number of benzene rings is 3. The van der Waals surface area contributed by atoms with Gasteiger partial charge in [0, 0.05) is 15.8 Å². The number of amides is 3. The zero-order valence-corrected chi connectivity index (χ0v) is 27.1. The van der Waals surface area contributed by atoms with Gasteiger partial charge in [0.15, 0.2) is 0 Å². The first-order valence-corrected chi connectivity index (χ1v) is 16.8. The van der Waals surface area contributed by atoms with Gasteiger partial charge in [-0.15, -0.1) is 11.8 Å². The number of nitrogens with one attached hydrogen (secondary N) is 2. The van der Waals surface area contributed by atoms with E-state index in [0.29, 0.717) is 41.6 Å². The smallest absolute Gasteiger partial charge is 0.248 e. The fourth-order valence-electron chi connectivity index (χ4n) is 6.99. The minimum atomic E-state index is -0.935. The second-order valence-electron chi connectivity index (χ2n) is 11.4. The number of nitrogens with zero attached hydrogens (tertiary/aromatic N) is 1. The van der Waals surface area contributed by atoms with Gasteiger partial charge < -0.3 is 25.4 Å². The molecule has 3 fully saturated rings. The average molecular weight is 699 g/mol. The van der Waals surface area contributed by atoms with Crippen molar-refractivity contribution in [1.29, 1.82) is 0 Å². The van der Waals surface area contributed by atoms with Crippen molar-refractivity contribution in [3.05, 3.63) is 89.4 Å². The molecule has 230 valence electrons. The van der Waals surface area contributed by atoms with Crippen LogP contribution in [0.15, 0.2) is 78.9 Å². The first kappa shape index (κ1) is 31.0. The molecule has 3 saturated heterocycles. The Balaban J connectivity index is 1.36. The van der Waals surface area contributed by atoms with E-state index in [9.17, 15) is 19.5 Å². The average Bonchev–Trinajstić information content (AvgIpc) is 3.62. The van der Waals surface area contributed by atoms with Gasteiger partial charge in [0.1, 0.15) is 11.8 Å². The Morgan fingerprint density at radius 3 is 2.45 bits per heavy atom. The van der Waals surface area contributed by atoms with Crippen LogP contribution in [0.25, 0.3) is 0 Å². The lowest BCUT2D eigenvalue weighted by Gasteiger charge is -2.37. The van der Waals surface area contributed by atoms with Crippen LogP contribution in [0.5, 0.6) is 5.75 Å². The molecule has 0 radical (unpaired) electrons. The molecule has 44 heavy (non-hydrogen) atoms. The van der Waals surface area contributed by atoms with Crippen LogP contribution in [0.3, 0.4) is 0 Å². The number of aliphatic hydroxyl groups is 1. The van der Waals surface area contributed by atoms with Crippen molar-refractivity contribution in [2.45, 2.75) is 46.7 Å². The van der Waals surface area contributed by atoms with Crippen molar-refractivity contribution in [2.24, 2.45) is 11.8 Å². The molecule has 0 saturated carbocycles. The predicted molar refractivity (Wildman–Crippen MR) is 176 cm³/mol. The predicted octanol–water partition coefficient (Wildman–Crippen LogP) is 5.38. The molecule has 2 bridgehead atoms. The Bertz CT molecular complexity index is 1550. The maximum absolute atomic E-state index is 14.6. The maximum Gasteiger partial charge on any atom is 0.248 e. The number of halogens is 2. The normalized spacial score (nSPS) is 27.6. The van der Waals surface area contributed by atoms with E-state index in [0.717, 1.165) is 5.56 Å². The number of anilines is 2. The third-order valence-electron chi connectivity index (χ3n) is 8.76. The Hall–Kier alpha value is -3.05. The largest absolute Gasteiger partial charge is 0.494 e. The van der Waals surface area contributed by atoms with Crippen LogP contribution < -0.4 is 15.4 Å². The third kappa shape index (κ3) is 5.50. The molecule has 6 rings (SSSR count). The van der Waals surface area contributed by atoms with Crippen LogP contribution >= 0.6 is 39.3 Å². The molecule has 3 unspecified atom stereocenters. The lowest BCUT2D eigenvalue weighted by Crippen LogP contribution is -2.55. The van der Waals surface area contributed by atoms with Crippen molar-refractivity contribution in [2.75, 3.05) is 23.8 Å². The van der Waals surface area contributed by atoms with E-state index in [1.807, 2.05) is 37.3 Å². The minimum Gasteiger partial charge on any atom is -0.494 e. The monoisotopic (exact) mass is 697 g/mol. The van der Waals surface area contributed by atoms with E-state index in [-0.39, 0.29) is 34.4 Å². The van der Waals surface area contributed by atoms with Gasteiger partial charge in [-0.25, -0.2) is 0 Å². The molecule has 3 aromatic rings. The molecule has 7 atom stereocenters. The van der Waals surface area contributed by atoms with E-state index in [4.69, 9.17) is 16.3 Å². The zero-order chi connectivity index (χ0) is 31.0. The summed E-state index contributed by atoms with van der Waals surface area (Å²) < 4.78 is 4.64. The van der Waals surface area contributed by atoms with Gasteiger partial charge in [-0.2, -0.15) is 0 Å². The molecule has 3 aromatic carbocycles. The molecular weight excluding hydrogens is 666 g/mol. The molecule has 1 spiro atoms. The lowest BCUT2D eigenvalue weighted by molar-refractivity contribution is -0.141. The highest BCUT2D eigenvalue weighted by Crippen LogP contribution is 2.68. The summed E-state index contributed by atoms with van der Waals surface area (Å²) >= 11 is 11.8. The number of hydrogen-bond acceptors (Lipinski definition) is 6. The highest BCUT2D eigenvalue weighted by Gasteiger charge is 2.76. The van der Waals surface area contributed by atoms with Crippen LogP contribution in [0.1, 0.15) is 18.9 Å². The summed E-state index contributed by atoms with van der Waals surface area (Å²) in [5.74, 6) is -1.69. The van der Waals surface area contributed by atoms with Gasteiger partial charge in [0.2, 0.25) is 17.7 Å². The van der Waals surface area contributed by atoms with Crippen LogP contribution in [-0.4, -0.2) is 67.8 Å². The number of thioether (sulfide) groups is 1. The summed E-state index contributed by atoms with van der Waals surface area (Å²) in [7, 11) is 0. The van der Waals surface area contributed by atoms with Crippen LogP contribution in [0.4, 0.5) is 11.4 Å². The molecule has 3 heterocycles. The van der Waals surface area contributed by atoms with Crippen molar-refractivity contribution in [1.82, 2.24) is 4.90 Å². The van der Waals surface area contributed by atoms with E-state index in [1.165, 1.54) is 0 Å². The summed E-state index contributed by atoms with van der Waals surface area (Å²) in [5.41, 5.74) is 1.96. The minimum absolute atomic E-state index is 0.0927. The number of rotatable bonds is 10. The fourth-order valence-corrected chi connectivity index (χ4v) is 10.8. The van der Waals surface area contributed by atoms with Gasteiger partial charge in [-0.1, -0.05) is 70.0 Å². The number of likely N-dealkylation sites (tertiary alicyclic amines) is 1. The SMILES string of the molecule is CCOc1ccc(NC(=O)[C@H]2[C@@H]3SC4(CC3Br)C(C(=O)Nc3ccccc3Cl)N([C@@H](CO)Cc3ccccc3)C(=O)[C@H]24)cc1. The number of carbonyl (C=O) groups excluding carboxylic acids is 3. The molecule has 8 nitrogen and oxygen atoms in total. The highest BCUT2D eigenvalue weighted by molar-refractivity contribution is 9.09. The molecule has 3 amide bonds. The van der Waals surface area contributed by atoms with Gasteiger partial charge in [0.25, 0.3) is 0 Å². The summed E-state index contributed by atoms with van der Waals surface area (Å²) in [4.78, 5) is 44.3. The Kier molecular flexibility index (Phi) is 8.97. The summed E-state index contributed by atoms with van der Waals surface area (Å²) in [6.07, 6.45) is 0.878. The van der Waals surface area contributed by atoms with Crippen molar-refractivity contribution in [3.63, 3.8) is 0 Å². The summed E-state index contributed by atoms with van der Waals surface area (Å²) in [6.45, 7) is 2.10. The molecular formula is C33H33BrClN3O5S. The van der Waals surface area contributed by atoms with E-state index in [2.05, 4.69) is 26.6 Å². The standard InChI is InChI=1S/C33H33BrClN3O5S/c1-2-43-22-14-12-20(13-15-22)36-30(40)26-27-32(42)38(21(18-39)16-19-8-4-3-5-9-19)29(33(27)17-23(34)28(26)44-33)31(41)37-25-11-7-6-10-24(25)35/h3-15,21,23,26-29,39H,2,16-18H2,1H3,(H,36,40)(H,37,41)/t21-,23?,26-,27+,28-,29?,33?/m1/s1. The topological polar surface area (TPSA) is 108 Å². The van der Waals surface area contributed by atoms with Gasteiger partial charge >= 0.3 is 0 Å². The lowest BCUT2D eigenvalue weighted by atomic mass is 9.70. The number of para-hydroxylation sites is 1. The summed E-state index contributed by atoms with van der Waals surface area (Å²) in [6, 6.07) is 22.0. The molecule has 3 N–H and O–H groups in total. The van der Waals surface area contributed by atoms with E-state index in [1.54, 1.807) is 65.2 Å². The van der Waals surface area contributed by atoms with Gasteiger partial charge in [-0.05, 0) is 61.7 Å². The first-order chi connectivity index (χ1) is 21.3. The maximum atomic E-state index is 14.6. The van der Waals surface area contributed by atoms with Crippen molar-refractivity contribution in [3.8, 4) is 5.75 Å². The number of hydrogen-bond donors (Lipinski definition) is 3. The van der Waals surface area contributed by atoms with Crippen LogP contribution in [-0.2, 0) is 20.8 Å².